The molecule has 5 nitrogen and oxygen atoms in total. The van der Waals surface area contributed by atoms with Crippen molar-refractivity contribution in [2.45, 2.75) is 204 Å². The molecule has 0 spiro atoms. The monoisotopic (exact) mass is 1520 g/mol. The standard InChI is InChI=1S/C17H18O.C16H18O2S.2C16H18O.2C16H18.C10H14/c1-11-5-7-15(9-13(11)3)17(18)16-8-6-12(2)14(4)10-16;1-11-5-7-15(9-13(11)3)19(17,18)16-8-6-12(2)14(4)10-16;1-11-5-7-15(9-13(11)3)17-16-8-6-12(2)14(4)10-16;1-11-8-9-15(10-13(11)3)17-16-7-5-6-12(2)14(16)4;2*1-11-5-7-15(9-13(11)3)16-8-6-12(2)14(4)10-16;1-7-5-9(3)10(4)6-8(7)2/h5-10H,1-4H3;5-10H,1-4H3;2*5-10H,1-4H3;2*5-10H,1-4H3;5-6H,1-4H3. The Hall–Kier alpha value is -10.9. The van der Waals surface area contributed by atoms with Gasteiger partial charge in [-0.15, -0.1) is 0 Å². The van der Waals surface area contributed by atoms with Gasteiger partial charge < -0.3 is 9.47 Å². The molecule has 0 unspecified atom stereocenters. The van der Waals surface area contributed by atoms with Crippen molar-refractivity contribution in [1.82, 2.24) is 0 Å². The van der Waals surface area contributed by atoms with Gasteiger partial charge in [0, 0.05) is 11.1 Å². The summed E-state index contributed by atoms with van der Waals surface area (Å²) in [7, 11) is -3.42. The third kappa shape index (κ3) is 25.3. The Balaban J connectivity index is 0.000000184. The summed E-state index contributed by atoms with van der Waals surface area (Å²) in [6.07, 6.45) is 0. The third-order valence-electron chi connectivity index (χ3n) is 22.4. The minimum atomic E-state index is -3.42. The molecule has 0 aliphatic rings. The van der Waals surface area contributed by atoms with Crippen LogP contribution < -0.4 is 9.47 Å². The van der Waals surface area contributed by atoms with E-state index in [1.54, 1.807) is 24.3 Å². The third-order valence-corrected chi connectivity index (χ3v) is 24.1. The zero-order valence-electron chi connectivity index (χ0n) is 72.9. The Morgan fingerprint density at radius 3 is 0.699 bits per heavy atom. The fourth-order valence-corrected chi connectivity index (χ4v) is 13.5. The van der Waals surface area contributed by atoms with Gasteiger partial charge >= 0.3 is 0 Å². The molecule has 0 amide bonds. The van der Waals surface area contributed by atoms with Gasteiger partial charge in [0.2, 0.25) is 9.84 Å². The second-order valence-corrected chi connectivity index (χ2v) is 33.2. The van der Waals surface area contributed by atoms with Gasteiger partial charge in [0.25, 0.3) is 0 Å². The van der Waals surface area contributed by atoms with E-state index in [2.05, 4.69) is 280 Å². The average Bonchev–Trinajstić information content (AvgIpc) is 0.810. The fourth-order valence-electron chi connectivity index (χ4n) is 12.0. The predicted molar refractivity (Wildman–Crippen MR) is 483 cm³/mol. The van der Waals surface area contributed by atoms with E-state index in [1.807, 2.05) is 120 Å². The van der Waals surface area contributed by atoms with Crippen molar-refractivity contribution in [3.8, 4) is 45.3 Å². The van der Waals surface area contributed by atoms with Gasteiger partial charge in [-0.05, 0) is 451 Å². The van der Waals surface area contributed by atoms with Gasteiger partial charge in [0.15, 0.2) is 5.78 Å². The van der Waals surface area contributed by atoms with Crippen molar-refractivity contribution >= 4 is 15.6 Å². The predicted octanol–water partition coefficient (Wildman–Crippen LogP) is 29.4. The summed E-state index contributed by atoms with van der Waals surface area (Å²) in [4.78, 5) is 13.1. The summed E-state index contributed by atoms with van der Waals surface area (Å²) in [5, 5.41) is 0. The highest BCUT2D eigenvalue weighted by atomic mass is 32.2. The van der Waals surface area contributed by atoms with E-state index in [-0.39, 0.29) is 5.78 Å². The SMILES string of the molecule is Cc1cc(C)c(C)cc1C.Cc1ccc(-c2ccc(C)c(C)c2)cc1C.Cc1ccc(-c2ccc(C)c(C)c2)cc1C.Cc1ccc(C(=O)c2ccc(C)c(C)c2)cc1C.Cc1ccc(Oc2ccc(C)c(C)c2)cc1C.Cc1ccc(Oc2cccc(C)c2C)cc1C.Cc1ccc(S(=O)(=O)c2ccc(C)c(C)c2)cc1C. The number of hydrogen-bond acceptors (Lipinski definition) is 5. The van der Waals surface area contributed by atoms with Gasteiger partial charge in [-0.2, -0.15) is 0 Å². The van der Waals surface area contributed by atoms with Crippen LogP contribution in [0.5, 0.6) is 23.0 Å². The van der Waals surface area contributed by atoms with Gasteiger partial charge in [-0.3, -0.25) is 4.79 Å². The highest BCUT2D eigenvalue weighted by Gasteiger charge is 2.19. The van der Waals surface area contributed by atoms with E-state index >= 15 is 0 Å². The number of rotatable bonds is 10. The number of benzene rings is 13. The van der Waals surface area contributed by atoms with Gasteiger partial charge in [-0.1, -0.05) is 152 Å². The zero-order chi connectivity index (χ0) is 83.5. The van der Waals surface area contributed by atoms with Crippen LogP contribution in [0.3, 0.4) is 0 Å². The first-order valence-corrected chi connectivity index (χ1v) is 40.8. The fraction of sp³-hybridized carbons (Fsp3) is 0.262. The summed E-state index contributed by atoms with van der Waals surface area (Å²) >= 11 is 0. The first-order valence-electron chi connectivity index (χ1n) is 39.3. The van der Waals surface area contributed by atoms with Gasteiger partial charge in [0.05, 0.1) is 9.79 Å². The smallest absolute Gasteiger partial charge is 0.206 e. The molecule has 586 valence electrons. The molecule has 0 saturated carbocycles. The molecular formula is C107H122O5S. The molecule has 0 heterocycles. The Morgan fingerprint density at radius 1 is 0.204 bits per heavy atom. The second-order valence-electron chi connectivity index (χ2n) is 31.3. The van der Waals surface area contributed by atoms with Crippen molar-refractivity contribution in [3.05, 3.63) is 397 Å². The molecule has 0 fully saturated rings. The molecule has 113 heavy (non-hydrogen) atoms. The second kappa shape index (κ2) is 40.5. The lowest BCUT2D eigenvalue weighted by atomic mass is 9.97. The molecule has 0 aliphatic heterocycles. The number of carbonyl (C=O) groups is 1. The quantitative estimate of drug-likeness (QED) is 0.128. The normalized spacial score (nSPS) is 10.6. The molecule has 13 aromatic carbocycles. The lowest BCUT2D eigenvalue weighted by Crippen LogP contribution is -2.03. The van der Waals surface area contributed by atoms with Crippen molar-refractivity contribution in [2.75, 3.05) is 0 Å². The number of ketones is 1. The minimum Gasteiger partial charge on any atom is -0.457 e. The van der Waals surface area contributed by atoms with E-state index in [9.17, 15) is 13.2 Å². The van der Waals surface area contributed by atoms with Crippen LogP contribution in [0.15, 0.2) is 240 Å². The summed E-state index contributed by atoms with van der Waals surface area (Å²) < 4.78 is 36.9. The molecule has 0 N–H and O–H groups in total. The van der Waals surface area contributed by atoms with Crippen LogP contribution in [0, 0.1) is 194 Å². The maximum absolute atomic E-state index is 12.6. The Labute approximate surface area is 680 Å². The average molecular weight is 1520 g/mol. The van der Waals surface area contributed by atoms with Crippen LogP contribution in [0.2, 0.25) is 0 Å². The Bertz CT molecular complexity index is 5240. The number of aryl methyl sites for hydroxylation is 27. The number of sulfone groups is 1. The maximum atomic E-state index is 12.6. The van der Waals surface area contributed by atoms with Crippen molar-refractivity contribution in [1.29, 1.82) is 0 Å². The van der Waals surface area contributed by atoms with Gasteiger partial charge in [0.1, 0.15) is 23.0 Å². The molecule has 0 radical (unpaired) electrons. The van der Waals surface area contributed by atoms with E-state index in [1.165, 1.54) is 145 Å². The van der Waals surface area contributed by atoms with E-state index in [0.717, 1.165) is 67.5 Å². The zero-order valence-corrected chi connectivity index (χ0v) is 73.7. The first kappa shape index (κ1) is 89.3. The molecule has 0 atom stereocenters. The number of hydrogen-bond donors (Lipinski definition) is 0. The number of ether oxygens (including phenoxy) is 2. The molecule has 0 aromatic heterocycles. The van der Waals surface area contributed by atoms with Crippen molar-refractivity contribution in [3.63, 3.8) is 0 Å². The van der Waals surface area contributed by atoms with Crippen LogP contribution in [0.25, 0.3) is 22.3 Å². The molecule has 13 rings (SSSR count). The Morgan fingerprint density at radius 2 is 0.434 bits per heavy atom. The molecule has 13 aromatic rings. The van der Waals surface area contributed by atoms with Crippen LogP contribution >= 0.6 is 0 Å². The van der Waals surface area contributed by atoms with Crippen LogP contribution in [0.4, 0.5) is 0 Å². The summed E-state index contributed by atoms with van der Waals surface area (Å²) in [5.74, 6) is 3.74. The molecule has 6 heteroatoms. The minimum absolute atomic E-state index is 0.0983. The van der Waals surface area contributed by atoms with E-state index in [0.29, 0.717) is 9.79 Å². The summed E-state index contributed by atoms with van der Waals surface area (Å²) in [5.41, 5.74) is 42.2. The summed E-state index contributed by atoms with van der Waals surface area (Å²) in [6, 6.07) is 78.1. The highest BCUT2D eigenvalue weighted by molar-refractivity contribution is 7.91. The topological polar surface area (TPSA) is 69.7 Å². The number of carbonyl (C=O) groups excluding carboxylic acids is 1. The van der Waals surface area contributed by atoms with Crippen molar-refractivity contribution < 1.29 is 22.7 Å². The van der Waals surface area contributed by atoms with E-state index in [4.69, 9.17) is 9.47 Å². The lowest BCUT2D eigenvalue weighted by molar-refractivity contribution is 0.103. The van der Waals surface area contributed by atoms with Crippen molar-refractivity contribution in [2.24, 2.45) is 0 Å². The van der Waals surface area contributed by atoms with Gasteiger partial charge in [-0.25, -0.2) is 8.42 Å². The molecular weight excluding hydrogens is 1400 g/mol. The largest absolute Gasteiger partial charge is 0.457 e. The van der Waals surface area contributed by atoms with Crippen LogP contribution in [-0.4, -0.2) is 14.2 Å². The molecule has 0 aliphatic carbocycles. The Kier molecular flexibility index (Phi) is 32.0. The summed E-state index contributed by atoms with van der Waals surface area (Å²) in [6.45, 7) is 58.7. The van der Waals surface area contributed by atoms with Crippen LogP contribution in [0.1, 0.15) is 172 Å². The molecule has 0 saturated heterocycles. The molecule has 0 bridgehead atoms. The van der Waals surface area contributed by atoms with E-state index < -0.39 is 9.84 Å². The first-order chi connectivity index (χ1) is 53.2. The van der Waals surface area contributed by atoms with Crippen LogP contribution in [-0.2, 0) is 9.84 Å². The lowest BCUT2D eigenvalue weighted by Gasteiger charge is -2.11. The highest BCUT2D eigenvalue weighted by Crippen LogP contribution is 2.32. The maximum Gasteiger partial charge on any atom is 0.206 e.